The van der Waals surface area contributed by atoms with Gasteiger partial charge in [-0.05, 0) is 37.7 Å². The Labute approximate surface area is 134 Å². The molecule has 2 atom stereocenters. The van der Waals surface area contributed by atoms with Crippen molar-refractivity contribution in [1.29, 1.82) is 0 Å². The van der Waals surface area contributed by atoms with Crippen LogP contribution in [0.3, 0.4) is 0 Å². The van der Waals surface area contributed by atoms with Gasteiger partial charge < -0.3 is 4.57 Å². The molecule has 2 aromatic rings. The van der Waals surface area contributed by atoms with E-state index in [2.05, 4.69) is 15.8 Å². The van der Waals surface area contributed by atoms with Gasteiger partial charge in [0.15, 0.2) is 5.82 Å². The van der Waals surface area contributed by atoms with E-state index < -0.39 is 0 Å². The second-order valence-electron chi connectivity index (χ2n) is 5.62. The molecule has 1 heterocycles. The molecule has 0 radical (unpaired) electrons. The molecule has 5 heteroatoms. The van der Waals surface area contributed by atoms with Gasteiger partial charge in [0.1, 0.15) is 11.3 Å². The largest absolute Gasteiger partial charge is 0.325 e. The van der Waals surface area contributed by atoms with E-state index in [9.17, 15) is 4.39 Å². The molecule has 1 saturated carbocycles. The van der Waals surface area contributed by atoms with Gasteiger partial charge in [0.2, 0.25) is 0 Å². The number of hydrogen-bond donors (Lipinski definition) is 0. The van der Waals surface area contributed by atoms with Crippen molar-refractivity contribution >= 4 is 34.4 Å². The molecular formula is C16H20ClFN2S. The van der Waals surface area contributed by atoms with E-state index in [1.54, 1.807) is 6.07 Å². The first-order valence-electron chi connectivity index (χ1n) is 7.48. The first-order chi connectivity index (χ1) is 10.2. The van der Waals surface area contributed by atoms with Gasteiger partial charge in [-0.2, -0.15) is 11.8 Å². The molecule has 1 fully saturated rings. The maximum Gasteiger partial charge on any atom is 0.151 e. The third-order valence-corrected chi connectivity index (χ3v) is 5.64. The number of aryl methyl sites for hydroxylation is 1. The van der Waals surface area contributed by atoms with Crippen LogP contribution in [-0.4, -0.2) is 26.9 Å². The average Bonchev–Trinajstić information content (AvgIpc) is 2.87. The fraction of sp³-hybridized carbons (Fsp3) is 0.562. The first kappa shape index (κ1) is 15.2. The lowest BCUT2D eigenvalue weighted by Crippen LogP contribution is -2.22. The van der Waals surface area contributed by atoms with Gasteiger partial charge in [0.25, 0.3) is 0 Å². The van der Waals surface area contributed by atoms with E-state index in [4.69, 9.17) is 11.6 Å². The number of nitrogens with zero attached hydrogens (tertiary/aromatic N) is 2. The third kappa shape index (κ3) is 2.93. The van der Waals surface area contributed by atoms with E-state index in [0.717, 1.165) is 24.2 Å². The molecule has 0 amide bonds. The molecule has 21 heavy (non-hydrogen) atoms. The zero-order valence-electron chi connectivity index (χ0n) is 12.2. The first-order valence-corrected chi connectivity index (χ1v) is 9.31. The maximum atomic E-state index is 14.0. The zero-order valence-corrected chi connectivity index (χ0v) is 13.8. The van der Waals surface area contributed by atoms with Crippen LogP contribution in [0.5, 0.6) is 0 Å². The minimum absolute atomic E-state index is 0.237. The minimum Gasteiger partial charge on any atom is -0.325 e. The molecule has 0 bridgehead atoms. The molecule has 0 aliphatic heterocycles. The van der Waals surface area contributed by atoms with Crippen LogP contribution < -0.4 is 0 Å². The van der Waals surface area contributed by atoms with Crippen molar-refractivity contribution in [3.8, 4) is 0 Å². The molecule has 1 aliphatic carbocycles. The summed E-state index contributed by atoms with van der Waals surface area (Å²) >= 11 is 7.86. The molecule has 3 rings (SSSR count). The van der Waals surface area contributed by atoms with Gasteiger partial charge in [0.05, 0.1) is 5.52 Å². The van der Waals surface area contributed by atoms with E-state index in [0.29, 0.717) is 29.1 Å². The Morgan fingerprint density at radius 2 is 2.29 bits per heavy atom. The van der Waals surface area contributed by atoms with Crippen molar-refractivity contribution in [2.75, 3.05) is 12.1 Å². The van der Waals surface area contributed by atoms with Gasteiger partial charge in [-0.1, -0.05) is 12.5 Å². The Balaban J connectivity index is 2.06. The summed E-state index contributed by atoms with van der Waals surface area (Å²) in [6.07, 6.45) is 7.66. The maximum absolute atomic E-state index is 14.0. The molecule has 1 aliphatic rings. The minimum atomic E-state index is -0.237. The Morgan fingerprint density at radius 1 is 1.43 bits per heavy atom. The Morgan fingerprint density at radius 3 is 3.05 bits per heavy atom. The smallest absolute Gasteiger partial charge is 0.151 e. The topological polar surface area (TPSA) is 17.8 Å². The van der Waals surface area contributed by atoms with Crippen molar-refractivity contribution in [2.45, 2.75) is 43.4 Å². The van der Waals surface area contributed by atoms with Crippen molar-refractivity contribution in [3.63, 3.8) is 0 Å². The fourth-order valence-electron chi connectivity index (χ4n) is 3.37. The normalized spacial score (nSPS) is 22.8. The van der Waals surface area contributed by atoms with Crippen LogP contribution in [0.1, 0.15) is 37.5 Å². The number of imidazole rings is 1. The second kappa shape index (κ2) is 6.57. The summed E-state index contributed by atoms with van der Waals surface area (Å²) in [6, 6.07) is 5.65. The zero-order chi connectivity index (χ0) is 14.8. The molecule has 114 valence electrons. The molecule has 1 aromatic heterocycles. The van der Waals surface area contributed by atoms with Crippen molar-refractivity contribution in [2.24, 2.45) is 0 Å². The van der Waals surface area contributed by atoms with E-state index in [1.165, 1.54) is 18.9 Å². The summed E-state index contributed by atoms with van der Waals surface area (Å²) in [5.74, 6) is 1.21. The summed E-state index contributed by atoms with van der Waals surface area (Å²) < 4.78 is 16.3. The lowest BCUT2D eigenvalue weighted by Gasteiger charge is -2.30. The van der Waals surface area contributed by atoms with Gasteiger partial charge in [-0.15, -0.1) is 11.6 Å². The average molecular weight is 327 g/mol. The monoisotopic (exact) mass is 326 g/mol. The second-order valence-corrected chi connectivity index (χ2v) is 7.14. The molecule has 0 saturated heterocycles. The van der Waals surface area contributed by atoms with Crippen LogP contribution >= 0.6 is 23.4 Å². The molecule has 1 aromatic carbocycles. The number of para-hydroxylation sites is 1. The summed E-state index contributed by atoms with van der Waals surface area (Å²) in [6.45, 7) is 0. The van der Waals surface area contributed by atoms with Crippen molar-refractivity contribution in [1.82, 2.24) is 9.55 Å². The summed E-state index contributed by atoms with van der Waals surface area (Å²) in [5, 5.41) is 0.693. The highest BCUT2D eigenvalue weighted by molar-refractivity contribution is 7.99. The van der Waals surface area contributed by atoms with Gasteiger partial charge in [0, 0.05) is 23.6 Å². The highest BCUT2D eigenvalue weighted by Crippen LogP contribution is 2.37. The number of halogens is 2. The Hall–Kier alpha value is -0.740. The predicted molar refractivity (Wildman–Crippen MR) is 88.9 cm³/mol. The van der Waals surface area contributed by atoms with Crippen LogP contribution in [0.2, 0.25) is 0 Å². The fourth-order valence-corrected chi connectivity index (χ4v) is 4.35. The summed E-state index contributed by atoms with van der Waals surface area (Å²) in [5.41, 5.74) is 1.41. The molecule has 0 N–H and O–H groups in total. The lowest BCUT2D eigenvalue weighted by atomic mass is 9.94. The molecule has 0 spiro atoms. The Kier molecular flexibility index (Phi) is 4.75. The quantitative estimate of drug-likeness (QED) is 0.751. The van der Waals surface area contributed by atoms with Crippen LogP contribution in [0.25, 0.3) is 11.0 Å². The van der Waals surface area contributed by atoms with Crippen molar-refractivity contribution < 1.29 is 4.39 Å². The predicted octanol–water partition coefficient (Wildman–Crippen LogP) is 4.80. The van der Waals surface area contributed by atoms with Crippen LogP contribution in [0, 0.1) is 5.82 Å². The number of benzene rings is 1. The summed E-state index contributed by atoms with van der Waals surface area (Å²) in [4.78, 5) is 4.52. The summed E-state index contributed by atoms with van der Waals surface area (Å²) in [7, 11) is 0. The number of thioether (sulfide) groups is 1. The standard InChI is InChI=1S/C16H20ClFN2S/c1-21-12-5-2-4-11(10-12)20-14-7-3-6-13(18)16(14)19-15(20)8-9-17/h3,6-7,11-12H,2,4-5,8-10H2,1H3. The lowest BCUT2D eigenvalue weighted by molar-refractivity contribution is 0.360. The number of fused-ring (bicyclic) bond motifs is 1. The molecule has 2 unspecified atom stereocenters. The highest BCUT2D eigenvalue weighted by Gasteiger charge is 2.26. The van der Waals surface area contributed by atoms with Gasteiger partial charge in [-0.3, -0.25) is 0 Å². The molecular weight excluding hydrogens is 307 g/mol. The number of rotatable bonds is 4. The van der Waals surface area contributed by atoms with E-state index in [-0.39, 0.29) is 5.82 Å². The van der Waals surface area contributed by atoms with Gasteiger partial charge in [-0.25, -0.2) is 9.37 Å². The van der Waals surface area contributed by atoms with E-state index in [1.807, 2.05) is 17.8 Å². The van der Waals surface area contributed by atoms with Crippen LogP contribution in [0.15, 0.2) is 18.2 Å². The SMILES string of the molecule is CSC1CCCC(n2c(CCCl)nc3c(F)cccc32)C1. The number of hydrogen-bond acceptors (Lipinski definition) is 2. The number of aromatic nitrogens is 2. The molecule has 2 nitrogen and oxygen atoms in total. The van der Waals surface area contributed by atoms with Gasteiger partial charge >= 0.3 is 0 Å². The van der Waals surface area contributed by atoms with Crippen LogP contribution in [-0.2, 0) is 6.42 Å². The van der Waals surface area contributed by atoms with Crippen molar-refractivity contribution in [3.05, 3.63) is 29.8 Å². The third-order valence-electron chi connectivity index (χ3n) is 4.36. The van der Waals surface area contributed by atoms with E-state index >= 15 is 0 Å². The number of alkyl halides is 1. The van der Waals surface area contributed by atoms with Crippen LogP contribution in [0.4, 0.5) is 4.39 Å². The Bertz CT molecular complexity index is 628. The highest BCUT2D eigenvalue weighted by atomic mass is 35.5.